The van der Waals surface area contributed by atoms with E-state index in [-0.39, 0.29) is 0 Å². The predicted molar refractivity (Wildman–Crippen MR) is 228 cm³/mol. The Hall–Kier alpha value is -6.90. The molecule has 10 rings (SSSR count). The van der Waals surface area contributed by atoms with Gasteiger partial charge in [0.15, 0.2) is 5.82 Å². The minimum absolute atomic E-state index is 0.703. The van der Waals surface area contributed by atoms with Crippen LogP contribution in [-0.4, -0.2) is 9.97 Å². The third-order valence-electron chi connectivity index (χ3n) is 10.7. The van der Waals surface area contributed by atoms with Gasteiger partial charge in [0.25, 0.3) is 0 Å². The molecule has 0 bridgehead atoms. The normalized spacial score (nSPS) is 12.7. The number of fused-ring (bicyclic) bond motifs is 6. The van der Waals surface area contributed by atoms with Gasteiger partial charge in [-0.05, 0) is 103 Å². The minimum atomic E-state index is 0.703. The molecule has 0 N–H and O–H groups in total. The van der Waals surface area contributed by atoms with Gasteiger partial charge in [0.2, 0.25) is 0 Å². The summed E-state index contributed by atoms with van der Waals surface area (Å²) in [6.45, 7) is 0. The maximum absolute atomic E-state index is 5.36. The molecule has 1 aliphatic rings. The molecular weight excluding hydrogens is 653 g/mol. The van der Waals surface area contributed by atoms with Crippen molar-refractivity contribution < 1.29 is 0 Å². The van der Waals surface area contributed by atoms with Crippen LogP contribution in [0.15, 0.2) is 194 Å². The first-order chi connectivity index (χ1) is 26.8. The fraction of sp³-hybridized carbons (Fsp3) is 0.0385. The van der Waals surface area contributed by atoms with Gasteiger partial charge in [0.1, 0.15) is 0 Å². The van der Waals surface area contributed by atoms with Gasteiger partial charge in [-0.1, -0.05) is 170 Å². The standard InChI is InChI=1S/C52H36N2/c1-3-15-35(16-4-1)37-19-13-21-40(31-37)50-34-51(41-22-14-20-38(32-41)36-17-5-2-6-18-36)54-52(53-50)48-28-12-7-23-42(48)39-29-30-47-45-26-9-8-24-43(45)44-25-10-11-27-46(44)49(47)33-39/h1,3-5,7-34H,2,6H2. The third-order valence-corrected chi connectivity index (χ3v) is 10.7. The highest BCUT2D eigenvalue weighted by Gasteiger charge is 2.17. The van der Waals surface area contributed by atoms with Crippen LogP contribution in [-0.2, 0) is 0 Å². The molecular formula is C52H36N2. The zero-order valence-corrected chi connectivity index (χ0v) is 29.8. The first-order valence-corrected chi connectivity index (χ1v) is 18.7. The first kappa shape index (κ1) is 31.8. The first-order valence-electron chi connectivity index (χ1n) is 18.7. The lowest BCUT2D eigenvalue weighted by Crippen LogP contribution is -1.98. The summed E-state index contributed by atoms with van der Waals surface area (Å²) in [5.74, 6) is 0.703. The van der Waals surface area contributed by atoms with Crippen LogP contribution in [0.25, 0.3) is 94.0 Å². The Balaban J connectivity index is 1.17. The Bertz CT molecular complexity index is 2900. The Kier molecular flexibility index (Phi) is 8.00. The lowest BCUT2D eigenvalue weighted by Gasteiger charge is -2.15. The maximum Gasteiger partial charge on any atom is 0.161 e. The second-order valence-corrected chi connectivity index (χ2v) is 14.0. The van der Waals surface area contributed by atoms with Crippen LogP contribution in [0, 0.1) is 0 Å². The van der Waals surface area contributed by atoms with Gasteiger partial charge < -0.3 is 0 Å². The average Bonchev–Trinajstić information content (AvgIpc) is 3.27. The summed E-state index contributed by atoms with van der Waals surface area (Å²) >= 11 is 0. The van der Waals surface area contributed by atoms with Crippen molar-refractivity contribution in [3.63, 3.8) is 0 Å². The Morgan fingerprint density at radius 3 is 1.54 bits per heavy atom. The molecule has 0 saturated heterocycles. The number of rotatable bonds is 6. The van der Waals surface area contributed by atoms with E-state index in [9.17, 15) is 0 Å². The van der Waals surface area contributed by atoms with E-state index in [0.717, 1.165) is 57.6 Å². The number of hydrogen-bond donors (Lipinski definition) is 0. The molecule has 0 spiro atoms. The predicted octanol–water partition coefficient (Wildman–Crippen LogP) is 14.0. The smallest absolute Gasteiger partial charge is 0.161 e. The van der Waals surface area contributed by atoms with Crippen LogP contribution in [0.1, 0.15) is 18.4 Å². The van der Waals surface area contributed by atoms with Crippen LogP contribution >= 0.6 is 0 Å². The fourth-order valence-electron chi connectivity index (χ4n) is 8.04. The Morgan fingerprint density at radius 1 is 0.333 bits per heavy atom. The molecule has 0 amide bonds. The lowest BCUT2D eigenvalue weighted by atomic mass is 9.91. The molecule has 0 atom stereocenters. The Labute approximate surface area is 315 Å². The van der Waals surface area contributed by atoms with E-state index in [1.54, 1.807) is 0 Å². The summed E-state index contributed by atoms with van der Waals surface area (Å²) in [5, 5.41) is 7.58. The van der Waals surface area contributed by atoms with Gasteiger partial charge in [-0.2, -0.15) is 0 Å². The van der Waals surface area contributed by atoms with Gasteiger partial charge >= 0.3 is 0 Å². The van der Waals surface area contributed by atoms with Crippen LogP contribution in [0.4, 0.5) is 0 Å². The Morgan fingerprint density at radius 2 is 0.870 bits per heavy atom. The number of nitrogens with zero attached hydrogens (tertiary/aromatic N) is 2. The lowest BCUT2D eigenvalue weighted by molar-refractivity contribution is 1.04. The quantitative estimate of drug-likeness (QED) is 0.163. The third kappa shape index (κ3) is 5.79. The SMILES string of the molecule is C1=CC(c2cccc(-c3cc(-c4cccc(-c5ccccc5)c4)nc(-c4ccccc4-c4ccc5c6ccccc6c6ccccc6c5c4)n3)c2)=CCC1. The monoisotopic (exact) mass is 688 g/mol. The van der Waals surface area contributed by atoms with E-state index in [2.05, 4.69) is 194 Å². The van der Waals surface area contributed by atoms with Crippen LogP contribution in [0.2, 0.25) is 0 Å². The molecule has 8 aromatic carbocycles. The van der Waals surface area contributed by atoms with Gasteiger partial charge in [0, 0.05) is 16.7 Å². The summed E-state index contributed by atoms with van der Waals surface area (Å²) in [5.41, 5.74) is 11.9. The molecule has 254 valence electrons. The summed E-state index contributed by atoms with van der Waals surface area (Å²) in [6.07, 6.45) is 8.98. The van der Waals surface area contributed by atoms with Crippen molar-refractivity contribution in [3.05, 3.63) is 200 Å². The highest BCUT2D eigenvalue weighted by Crippen LogP contribution is 2.40. The largest absolute Gasteiger partial charge is 0.228 e. The molecule has 1 aliphatic carbocycles. The number of aromatic nitrogens is 2. The molecule has 54 heavy (non-hydrogen) atoms. The molecule has 0 radical (unpaired) electrons. The number of allylic oxidation sites excluding steroid dienone is 4. The molecule has 1 heterocycles. The van der Waals surface area contributed by atoms with E-state index in [4.69, 9.17) is 9.97 Å². The number of benzene rings is 8. The molecule has 2 heteroatoms. The van der Waals surface area contributed by atoms with Gasteiger partial charge in [-0.15, -0.1) is 0 Å². The summed E-state index contributed by atoms with van der Waals surface area (Å²) < 4.78 is 0. The topological polar surface area (TPSA) is 25.8 Å². The fourth-order valence-corrected chi connectivity index (χ4v) is 8.04. The summed E-state index contributed by atoms with van der Waals surface area (Å²) in [6, 6.07) is 63.1. The van der Waals surface area contributed by atoms with Crippen LogP contribution in [0.5, 0.6) is 0 Å². The van der Waals surface area contributed by atoms with Crippen molar-refractivity contribution in [1.29, 1.82) is 0 Å². The summed E-state index contributed by atoms with van der Waals surface area (Å²) in [7, 11) is 0. The molecule has 2 nitrogen and oxygen atoms in total. The molecule has 0 unspecified atom stereocenters. The van der Waals surface area contributed by atoms with Gasteiger partial charge in [-0.25, -0.2) is 9.97 Å². The minimum Gasteiger partial charge on any atom is -0.228 e. The van der Waals surface area contributed by atoms with Crippen molar-refractivity contribution in [3.8, 4) is 56.2 Å². The van der Waals surface area contributed by atoms with Gasteiger partial charge in [0.05, 0.1) is 11.4 Å². The van der Waals surface area contributed by atoms with E-state index in [0.29, 0.717) is 5.82 Å². The van der Waals surface area contributed by atoms with E-state index < -0.39 is 0 Å². The maximum atomic E-state index is 5.36. The van der Waals surface area contributed by atoms with Crippen LogP contribution in [0.3, 0.4) is 0 Å². The second kappa shape index (κ2) is 13.6. The molecule has 9 aromatic rings. The van der Waals surface area contributed by atoms with Crippen molar-refractivity contribution in [2.75, 3.05) is 0 Å². The zero-order chi connectivity index (χ0) is 35.8. The van der Waals surface area contributed by atoms with Crippen molar-refractivity contribution in [1.82, 2.24) is 9.97 Å². The van der Waals surface area contributed by atoms with Crippen LogP contribution < -0.4 is 0 Å². The average molecular weight is 689 g/mol. The molecule has 0 aliphatic heterocycles. The van der Waals surface area contributed by atoms with Crippen molar-refractivity contribution in [2.45, 2.75) is 12.8 Å². The number of hydrogen-bond acceptors (Lipinski definition) is 2. The van der Waals surface area contributed by atoms with Crippen molar-refractivity contribution >= 4 is 37.9 Å². The highest BCUT2D eigenvalue weighted by atomic mass is 14.9. The van der Waals surface area contributed by atoms with E-state index in [1.807, 2.05) is 0 Å². The zero-order valence-electron chi connectivity index (χ0n) is 29.8. The second-order valence-electron chi connectivity index (χ2n) is 14.0. The highest BCUT2D eigenvalue weighted by molar-refractivity contribution is 6.25. The summed E-state index contributed by atoms with van der Waals surface area (Å²) in [4.78, 5) is 10.7. The molecule has 0 fully saturated rings. The van der Waals surface area contributed by atoms with Gasteiger partial charge in [-0.3, -0.25) is 0 Å². The van der Waals surface area contributed by atoms with Crippen molar-refractivity contribution in [2.24, 2.45) is 0 Å². The van der Waals surface area contributed by atoms with E-state index in [1.165, 1.54) is 49.0 Å². The van der Waals surface area contributed by atoms with E-state index >= 15 is 0 Å². The molecule has 1 aromatic heterocycles. The molecule has 0 saturated carbocycles.